The maximum Gasteiger partial charge on any atom is 0.347 e. The normalized spacial score (nSPS) is 10.1. The number of pyridine rings is 1. The number of methoxy groups -OCH3 is 2. The topological polar surface area (TPSA) is 83.9 Å². The van der Waals surface area contributed by atoms with E-state index in [1.54, 1.807) is 30.3 Å². The minimum absolute atomic E-state index is 0.0629. The fourth-order valence-corrected chi connectivity index (χ4v) is 2.00. The van der Waals surface area contributed by atoms with Crippen molar-refractivity contribution < 1.29 is 19.5 Å². The van der Waals surface area contributed by atoms with Gasteiger partial charge in [0.15, 0.2) is 0 Å². The number of nitrogens with zero attached hydrogens (tertiary/aromatic N) is 2. The van der Waals surface area contributed by atoms with Gasteiger partial charge in [-0.05, 0) is 11.6 Å². The molecule has 122 valence electrons. The molecule has 1 aromatic heterocycles. The third kappa shape index (κ3) is 4.48. The Kier molecular flexibility index (Phi) is 5.61. The second kappa shape index (κ2) is 7.66. The van der Waals surface area contributed by atoms with Crippen molar-refractivity contribution in [1.29, 1.82) is 0 Å². The Morgan fingerprint density at radius 2 is 2.04 bits per heavy atom. The number of rotatable bonds is 5. The Morgan fingerprint density at radius 3 is 2.70 bits per heavy atom. The van der Waals surface area contributed by atoms with E-state index in [2.05, 4.69) is 10.3 Å². The molecule has 0 aliphatic heterocycles. The number of hydrogen-bond acceptors (Lipinski definition) is 5. The van der Waals surface area contributed by atoms with E-state index in [1.807, 2.05) is 0 Å². The molecule has 2 N–H and O–H groups in total. The van der Waals surface area contributed by atoms with Crippen LogP contribution >= 0.6 is 11.6 Å². The second-order valence-corrected chi connectivity index (χ2v) is 4.92. The third-order valence-corrected chi connectivity index (χ3v) is 3.34. The van der Waals surface area contributed by atoms with Gasteiger partial charge < -0.3 is 9.47 Å². The first-order chi connectivity index (χ1) is 11.0. The van der Waals surface area contributed by atoms with Gasteiger partial charge in [-0.15, -0.1) is 0 Å². The lowest BCUT2D eigenvalue weighted by Crippen LogP contribution is -2.31. The smallest absolute Gasteiger partial charge is 0.347 e. The van der Waals surface area contributed by atoms with Crippen LogP contribution in [-0.2, 0) is 6.54 Å². The predicted octanol–water partition coefficient (Wildman–Crippen LogP) is 3.18. The maximum atomic E-state index is 12.0. The van der Waals surface area contributed by atoms with Crippen LogP contribution < -0.4 is 14.8 Å². The van der Waals surface area contributed by atoms with Crippen molar-refractivity contribution >= 4 is 23.4 Å². The first-order valence-electron chi connectivity index (χ1n) is 6.64. The van der Waals surface area contributed by atoms with E-state index in [1.165, 1.54) is 20.3 Å². The van der Waals surface area contributed by atoms with Crippen molar-refractivity contribution in [2.75, 3.05) is 19.5 Å². The van der Waals surface area contributed by atoms with Crippen LogP contribution in [0.1, 0.15) is 5.56 Å². The number of hydrogen-bond donors (Lipinski definition) is 2. The molecular formula is C15H16ClN3O4. The summed E-state index contributed by atoms with van der Waals surface area (Å²) in [6.07, 6.45) is 0. The lowest BCUT2D eigenvalue weighted by Gasteiger charge is -2.16. The average Bonchev–Trinajstić information content (AvgIpc) is 2.56. The third-order valence-electron chi connectivity index (χ3n) is 2.97. The van der Waals surface area contributed by atoms with Crippen LogP contribution in [0.2, 0.25) is 5.02 Å². The Balaban J connectivity index is 2.08. The zero-order valence-corrected chi connectivity index (χ0v) is 13.4. The van der Waals surface area contributed by atoms with Gasteiger partial charge in [0.2, 0.25) is 5.88 Å². The summed E-state index contributed by atoms with van der Waals surface area (Å²) in [5.74, 6) is 0.919. The minimum atomic E-state index is -0.757. The van der Waals surface area contributed by atoms with Gasteiger partial charge >= 0.3 is 6.03 Å². The van der Waals surface area contributed by atoms with Crippen molar-refractivity contribution in [3.63, 3.8) is 0 Å². The van der Waals surface area contributed by atoms with Gasteiger partial charge in [0, 0.05) is 17.2 Å². The van der Waals surface area contributed by atoms with Gasteiger partial charge in [-0.25, -0.2) is 9.86 Å². The number of benzene rings is 1. The summed E-state index contributed by atoms with van der Waals surface area (Å²) in [7, 11) is 2.93. The van der Waals surface area contributed by atoms with Crippen molar-refractivity contribution in [3.05, 3.63) is 47.0 Å². The molecule has 2 amide bonds. The maximum absolute atomic E-state index is 12.0. The van der Waals surface area contributed by atoms with E-state index in [4.69, 9.17) is 21.1 Å². The fraction of sp³-hybridized carbons (Fsp3) is 0.200. The molecule has 1 heterocycles. The number of urea groups is 1. The highest BCUT2D eigenvalue weighted by Crippen LogP contribution is 2.22. The Morgan fingerprint density at radius 1 is 1.30 bits per heavy atom. The summed E-state index contributed by atoms with van der Waals surface area (Å²) >= 11 is 6.00. The van der Waals surface area contributed by atoms with Crippen LogP contribution in [0.5, 0.6) is 11.6 Å². The van der Waals surface area contributed by atoms with Crippen molar-refractivity contribution in [2.24, 2.45) is 0 Å². The first-order valence-corrected chi connectivity index (χ1v) is 7.02. The molecule has 0 radical (unpaired) electrons. The van der Waals surface area contributed by atoms with Crippen molar-refractivity contribution in [1.82, 2.24) is 10.0 Å². The molecule has 7 nitrogen and oxygen atoms in total. The molecule has 0 aliphatic rings. The Labute approximate surface area is 138 Å². The number of amides is 2. The van der Waals surface area contributed by atoms with E-state index < -0.39 is 6.03 Å². The van der Waals surface area contributed by atoms with Crippen molar-refractivity contribution in [2.45, 2.75) is 6.54 Å². The molecule has 0 aliphatic carbocycles. The lowest BCUT2D eigenvalue weighted by molar-refractivity contribution is -0.0449. The fourth-order valence-electron chi connectivity index (χ4n) is 1.80. The van der Waals surface area contributed by atoms with E-state index >= 15 is 0 Å². The van der Waals surface area contributed by atoms with Crippen LogP contribution in [0.3, 0.4) is 0 Å². The standard InChI is InChI=1S/C15H16ClN3O4/c1-22-11-7-13(17-14(8-11)23-2)18-15(20)19(21)9-10-5-3-4-6-12(10)16/h3-8,21H,9H2,1-2H3,(H,17,18,20). The van der Waals surface area contributed by atoms with Crippen LogP contribution in [-0.4, -0.2) is 35.5 Å². The van der Waals surface area contributed by atoms with Gasteiger partial charge in [-0.2, -0.15) is 4.98 Å². The first kappa shape index (κ1) is 16.9. The average molecular weight is 338 g/mol. The predicted molar refractivity (Wildman–Crippen MR) is 85.1 cm³/mol. The molecular weight excluding hydrogens is 322 g/mol. The van der Waals surface area contributed by atoms with Crippen LogP contribution in [0, 0.1) is 0 Å². The summed E-state index contributed by atoms with van der Waals surface area (Å²) in [4.78, 5) is 16.1. The number of nitrogens with one attached hydrogen (secondary N) is 1. The number of anilines is 1. The van der Waals surface area contributed by atoms with E-state index in [0.717, 1.165) is 0 Å². The molecule has 2 aromatic rings. The molecule has 0 saturated heterocycles. The SMILES string of the molecule is COc1cc(NC(=O)N(O)Cc2ccccc2Cl)nc(OC)c1. The highest BCUT2D eigenvalue weighted by Gasteiger charge is 2.15. The lowest BCUT2D eigenvalue weighted by atomic mass is 10.2. The molecule has 0 unspecified atom stereocenters. The zero-order chi connectivity index (χ0) is 16.8. The van der Waals surface area contributed by atoms with Gasteiger partial charge in [0.1, 0.15) is 11.6 Å². The van der Waals surface area contributed by atoms with Crippen LogP contribution in [0.15, 0.2) is 36.4 Å². The summed E-state index contributed by atoms with van der Waals surface area (Å²) in [5.41, 5.74) is 0.614. The second-order valence-electron chi connectivity index (χ2n) is 4.51. The summed E-state index contributed by atoms with van der Waals surface area (Å²) in [5, 5.41) is 13.3. The molecule has 0 bridgehead atoms. The van der Waals surface area contributed by atoms with E-state index in [9.17, 15) is 10.0 Å². The molecule has 0 spiro atoms. The van der Waals surface area contributed by atoms with Crippen LogP contribution in [0.4, 0.5) is 10.6 Å². The summed E-state index contributed by atoms with van der Waals surface area (Å²) in [6.45, 7) is -0.0629. The highest BCUT2D eigenvalue weighted by atomic mass is 35.5. The van der Waals surface area contributed by atoms with Gasteiger partial charge in [-0.3, -0.25) is 10.5 Å². The molecule has 2 rings (SSSR count). The van der Waals surface area contributed by atoms with Crippen molar-refractivity contribution in [3.8, 4) is 11.6 Å². The molecule has 1 aromatic carbocycles. The summed E-state index contributed by atoms with van der Waals surface area (Å²) in [6, 6.07) is 9.23. The van der Waals surface area contributed by atoms with Crippen LogP contribution in [0.25, 0.3) is 0 Å². The Bertz CT molecular complexity index is 674. The monoisotopic (exact) mass is 337 g/mol. The number of halogens is 1. The number of aromatic nitrogens is 1. The highest BCUT2D eigenvalue weighted by molar-refractivity contribution is 6.31. The summed E-state index contributed by atoms with van der Waals surface area (Å²) < 4.78 is 10.1. The molecule has 0 saturated carbocycles. The Hall–Kier alpha value is -2.51. The van der Waals surface area contributed by atoms with E-state index in [-0.39, 0.29) is 18.2 Å². The minimum Gasteiger partial charge on any atom is -0.496 e. The largest absolute Gasteiger partial charge is 0.496 e. The van der Waals surface area contributed by atoms with Gasteiger partial charge in [0.25, 0.3) is 0 Å². The molecule has 0 fully saturated rings. The number of carbonyl (C=O) groups is 1. The number of hydroxylamine groups is 2. The van der Waals surface area contributed by atoms with Gasteiger partial charge in [-0.1, -0.05) is 29.8 Å². The molecule has 23 heavy (non-hydrogen) atoms. The quantitative estimate of drug-likeness (QED) is 0.646. The van der Waals surface area contributed by atoms with Gasteiger partial charge in [0.05, 0.1) is 20.8 Å². The van der Waals surface area contributed by atoms with E-state index in [0.29, 0.717) is 21.4 Å². The molecule has 8 heteroatoms. The molecule has 0 atom stereocenters. The number of carbonyl (C=O) groups excluding carboxylic acids is 1. The number of ether oxygens (including phenoxy) is 2. The zero-order valence-electron chi connectivity index (χ0n) is 12.6.